The van der Waals surface area contributed by atoms with Crippen LogP contribution >= 0.6 is 0 Å². The first-order valence-corrected chi connectivity index (χ1v) is 7.23. The van der Waals surface area contributed by atoms with Crippen molar-refractivity contribution in [2.75, 3.05) is 6.54 Å². The fourth-order valence-electron chi connectivity index (χ4n) is 3.22. The third kappa shape index (κ3) is 2.80. The van der Waals surface area contributed by atoms with Gasteiger partial charge in [0, 0.05) is 13.0 Å². The van der Waals surface area contributed by atoms with Crippen molar-refractivity contribution in [3.63, 3.8) is 0 Å². The van der Waals surface area contributed by atoms with Crippen LogP contribution in [0.4, 0.5) is 9.18 Å². The predicted molar refractivity (Wildman–Crippen MR) is 78.9 cm³/mol. The highest BCUT2D eigenvalue weighted by atomic mass is 19.1. The highest BCUT2D eigenvalue weighted by Gasteiger charge is 2.53. The summed E-state index contributed by atoms with van der Waals surface area (Å²) in [5.41, 5.74) is -1.77. The van der Waals surface area contributed by atoms with Crippen LogP contribution in [0.2, 0.25) is 0 Å². The van der Waals surface area contributed by atoms with E-state index in [4.69, 9.17) is 0 Å². The first-order valence-electron chi connectivity index (χ1n) is 7.23. The van der Waals surface area contributed by atoms with Crippen molar-refractivity contribution in [2.24, 2.45) is 5.41 Å². The van der Waals surface area contributed by atoms with Crippen molar-refractivity contribution in [2.45, 2.75) is 44.9 Å². The topological polar surface area (TPSA) is 81.0 Å². The van der Waals surface area contributed by atoms with E-state index >= 15 is 0 Å². The molecule has 3 N–H and O–H groups in total. The molecule has 1 unspecified atom stereocenters. The minimum atomic E-state index is -1.60. The van der Waals surface area contributed by atoms with Crippen LogP contribution in [0.5, 0.6) is 0 Å². The number of nitrogens with zero attached hydrogens (tertiary/aromatic N) is 1. The van der Waals surface area contributed by atoms with Crippen molar-refractivity contribution in [3.8, 4) is 0 Å². The quantitative estimate of drug-likeness (QED) is 0.742. The summed E-state index contributed by atoms with van der Waals surface area (Å²) in [5.74, 6) is -0.433. The number of carboxylic acid groups (broad SMARTS) is 1. The maximum absolute atomic E-state index is 13.1. The van der Waals surface area contributed by atoms with E-state index in [-0.39, 0.29) is 13.0 Å². The predicted octanol–water partition coefficient (Wildman–Crippen LogP) is 2.17. The number of hydrogen-bond donors (Lipinski definition) is 3. The second kappa shape index (κ2) is 5.52. The summed E-state index contributed by atoms with van der Waals surface area (Å²) in [6, 6.07) is 4.52. The van der Waals surface area contributed by atoms with Crippen LogP contribution in [0.25, 0.3) is 0 Å². The Kier molecular flexibility index (Phi) is 4.19. The number of likely N-dealkylation sites (tertiary alicyclic amines) is 1. The van der Waals surface area contributed by atoms with Gasteiger partial charge in [0.2, 0.25) is 0 Å². The van der Waals surface area contributed by atoms with Crippen LogP contribution in [-0.4, -0.2) is 45.0 Å². The van der Waals surface area contributed by atoms with Crippen molar-refractivity contribution in [3.05, 3.63) is 35.6 Å². The van der Waals surface area contributed by atoms with Gasteiger partial charge in [-0.1, -0.05) is 32.9 Å². The Bertz CT molecular complexity index is 554. The first kappa shape index (κ1) is 16.7. The van der Waals surface area contributed by atoms with Gasteiger partial charge in [0.25, 0.3) is 0 Å². The van der Waals surface area contributed by atoms with Gasteiger partial charge in [-0.15, -0.1) is 0 Å². The summed E-state index contributed by atoms with van der Waals surface area (Å²) in [4.78, 5) is 12.6. The molecule has 1 aromatic carbocycles. The summed E-state index contributed by atoms with van der Waals surface area (Å²) in [6.45, 7) is 5.54. The normalized spacial score (nSPS) is 29.5. The van der Waals surface area contributed by atoms with E-state index in [0.717, 1.165) is 0 Å². The van der Waals surface area contributed by atoms with Gasteiger partial charge in [0.15, 0.2) is 0 Å². The molecule has 2 rings (SSSR count). The smallest absolute Gasteiger partial charge is 0.407 e. The van der Waals surface area contributed by atoms with Crippen LogP contribution in [0.3, 0.4) is 0 Å². The molecule has 1 aliphatic rings. The van der Waals surface area contributed by atoms with Crippen molar-refractivity contribution in [1.82, 2.24) is 4.90 Å². The lowest BCUT2D eigenvalue weighted by Gasteiger charge is -2.51. The van der Waals surface area contributed by atoms with Crippen molar-refractivity contribution >= 4 is 6.09 Å². The molecule has 5 nitrogen and oxygen atoms in total. The Morgan fingerprint density at radius 1 is 1.32 bits per heavy atom. The van der Waals surface area contributed by atoms with Crippen LogP contribution in [0, 0.1) is 11.2 Å². The standard InChI is InChI=1S/C16H22FNO4/c1-15(2,3)12-13(19)16(22,8-9-18(12)14(20)21)10-4-6-11(17)7-5-10/h4-7,12-13,19,22H,8-9H2,1-3H3,(H,20,21)/t12?,13-,16-/m1/s1. The van der Waals surface area contributed by atoms with Crippen LogP contribution < -0.4 is 0 Å². The summed E-state index contributed by atoms with van der Waals surface area (Å²) < 4.78 is 13.1. The van der Waals surface area contributed by atoms with Gasteiger partial charge in [-0.05, 0) is 23.1 Å². The lowest BCUT2D eigenvalue weighted by Crippen LogP contribution is -2.65. The molecule has 3 atom stereocenters. The van der Waals surface area contributed by atoms with E-state index in [1.807, 2.05) is 20.8 Å². The molecule has 0 spiro atoms. The van der Waals surface area contributed by atoms with Gasteiger partial charge in [-0.2, -0.15) is 0 Å². The zero-order valence-electron chi connectivity index (χ0n) is 13.0. The molecular weight excluding hydrogens is 289 g/mol. The average Bonchev–Trinajstić information content (AvgIpc) is 2.40. The lowest BCUT2D eigenvalue weighted by atomic mass is 9.70. The SMILES string of the molecule is CC(C)(C)C1[C@@H](O)[C@](O)(c2ccc(F)cc2)CCN1C(=O)O. The maximum atomic E-state index is 13.1. The molecule has 1 aromatic rings. The van der Waals surface area contributed by atoms with Crippen molar-refractivity contribution < 1.29 is 24.5 Å². The molecule has 22 heavy (non-hydrogen) atoms. The largest absolute Gasteiger partial charge is 0.465 e. The first-order chi connectivity index (χ1) is 10.1. The molecule has 0 aliphatic carbocycles. The molecule has 122 valence electrons. The van der Waals surface area contributed by atoms with Crippen molar-refractivity contribution in [1.29, 1.82) is 0 Å². The van der Waals surface area contributed by atoms with Gasteiger partial charge < -0.3 is 20.2 Å². The molecule has 1 heterocycles. The Balaban J connectivity index is 2.44. The number of aliphatic hydroxyl groups is 2. The number of benzene rings is 1. The minimum absolute atomic E-state index is 0.0542. The molecule has 1 amide bonds. The average molecular weight is 311 g/mol. The Hall–Kier alpha value is -1.66. The summed E-state index contributed by atoms with van der Waals surface area (Å²) in [5, 5.41) is 31.0. The van der Waals surface area contributed by atoms with Gasteiger partial charge in [-0.3, -0.25) is 0 Å². The fourth-order valence-corrected chi connectivity index (χ4v) is 3.22. The molecule has 0 saturated carbocycles. The molecule has 1 aliphatic heterocycles. The number of piperidine rings is 1. The number of hydrogen-bond acceptors (Lipinski definition) is 3. The van der Waals surface area contributed by atoms with E-state index in [0.29, 0.717) is 5.56 Å². The molecule has 1 fully saturated rings. The molecule has 6 heteroatoms. The number of carbonyl (C=O) groups is 1. The molecular formula is C16H22FNO4. The van der Waals surface area contributed by atoms with Gasteiger partial charge >= 0.3 is 6.09 Å². The van der Waals surface area contributed by atoms with Crippen LogP contribution in [0.15, 0.2) is 24.3 Å². The number of halogens is 1. The Morgan fingerprint density at radius 2 is 1.86 bits per heavy atom. The van der Waals surface area contributed by atoms with Gasteiger partial charge in [0.1, 0.15) is 17.5 Å². The van der Waals surface area contributed by atoms with E-state index in [1.165, 1.54) is 29.2 Å². The maximum Gasteiger partial charge on any atom is 0.407 e. The van der Waals surface area contributed by atoms with E-state index in [2.05, 4.69) is 0 Å². The Morgan fingerprint density at radius 3 is 2.32 bits per heavy atom. The Labute approximate surface area is 129 Å². The van der Waals surface area contributed by atoms with Gasteiger partial charge in [-0.25, -0.2) is 9.18 Å². The zero-order chi connectivity index (χ0) is 16.7. The second-order valence-electron chi connectivity index (χ2n) is 6.91. The molecule has 0 radical (unpaired) electrons. The third-order valence-electron chi connectivity index (χ3n) is 4.34. The number of rotatable bonds is 1. The third-order valence-corrected chi connectivity index (χ3v) is 4.34. The molecule has 0 aromatic heterocycles. The molecule has 0 bridgehead atoms. The number of amides is 1. The van der Waals surface area contributed by atoms with E-state index < -0.39 is 35.1 Å². The highest BCUT2D eigenvalue weighted by molar-refractivity contribution is 5.66. The number of aliphatic hydroxyl groups excluding tert-OH is 1. The van der Waals surface area contributed by atoms with Crippen LogP contribution in [-0.2, 0) is 5.60 Å². The summed E-state index contributed by atoms with van der Waals surface area (Å²) >= 11 is 0. The fraction of sp³-hybridized carbons (Fsp3) is 0.562. The summed E-state index contributed by atoms with van der Waals surface area (Å²) in [6.07, 6.45) is -2.37. The van der Waals surface area contributed by atoms with Gasteiger partial charge in [0.05, 0.1) is 6.04 Å². The van der Waals surface area contributed by atoms with E-state index in [9.17, 15) is 24.5 Å². The van der Waals surface area contributed by atoms with E-state index in [1.54, 1.807) is 0 Å². The highest BCUT2D eigenvalue weighted by Crippen LogP contribution is 2.42. The summed E-state index contributed by atoms with van der Waals surface area (Å²) in [7, 11) is 0. The van der Waals surface area contributed by atoms with Crippen LogP contribution in [0.1, 0.15) is 32.8 Å². The zero-order valence-corrected chi connectivity index (χ0v) is 13.0. The minimum Gasteiger partial charge on any atom is -0.465 e. The second-order valence-corrected chi connectivity index (χ2v) is 6.91. The lowest BCUT2D eigenvalue weighted by molar-refractivity contribution is -0.165. The molecule has 1 saturated heterocycles. The monoisotopic (exact) mass is 311 g/mol.